The third-order valence-corrected chi connectivity index (χ3v) is 7.98. The number of carbonyl (C=O) groups excluding carboxylic acids is 2. The topological polar surface area (TPSA) is 49.9 Å². The SMILES string of the molecule is O=C1C(=Cc2c(OCc3ccccc3Br)ccc3ccccc23)C(=O)N(c2ccccc2)C(=S)N1c1ccccc1. The van der Waals surface area contributed by atoms with Gasteiger partial charge < -0.3 is 4.74 Å². The van der Waals surface area contributed by atoms with E-state index in [1.54, 1.807) is 30.3 Å². The Morgan fingerprint density at radius 3 is 1.88 bits per heavy atom. The third kappa shape index (κ3) is 5.17. The molecule has 0 spiro atoms. The van der Waals surface area contributed by atoms with Crippen LogP contribution in [0.1, 0.15) is 11.1 Å². The van der Waals surface area contributed by atoms with Crippen LogP contribution in [-0.4, -0.2) is 16.9 Å². The number of anilines is 2. The lowest BCUT2D eigenvalue weighted by Crippen LogP contribution is -2.56. The Bertz CT molecular complexity index is 1760. The summed E-state index contributed by atoms with van der Waals surface area (Å²) in [5, 5.41) is 1.91. The zero-order valence-corrected chi connectivity index (χ0v) is 24.1. The number of hydrogen-bond acceptors (Lipinski definition) is 4. The molecule has 1 aliphatic rings. The lowest BCUT2D eigenvalue weighted by molar-refractivity contribution is -0.120. The van der Waals surface area contributed by atoms with E-state index in [0.29, 0.717) is 29.3 Å². The van der Waals surface area contributed by atoms with Gasteiger partial charge in [0.05, 0.1) is 11.4 Å². The molecule has 41 heavy (non-hydrogen) atoms. The smallest absolute Gasteiger partial charge is 0.270 e. The van der Waals surface area contributed by atoms with E-state index in [-0.39, 0.29) is 10.7 Å². The Labute approximate surface area is 251 Å². The van der Waals surface area contributed by atoms with Gasteiger partial charge in [0.2, 0.25) is 0 Å². The fraction of sp³-hybridized carbons (Fsp3) is 0.0294. The molecule has 5 nitrogen and oxygen atoms in total. The number of para-hydroxylation sites is 2. The molecule has 2 amide bonds. The van der Waals surface area contributed by atoms with Gasteiger partial charge in [-0.2, -0.15) is 0 Å². The van der Waals surface area contributed by atoms with Gasteiger partial charge in [0.1, 0.15) is 17.9 Å². The van der Waals surface area contributed by atoms with Crippen LogP contribution in [0.3, 0.4) is 0 Å². The number of thiocarbonyl (C=S) groups is 1. The lowest BCUT2D eigenvalue weighted by Gasteiger charge is -2.36. The number of amides is 2. The van der Waals surface area contributed by atoms with Crippen LogP contribution in [0.15, 0.2) is 131 Å². The van der Waals surface area contributed by atoms with Gasteiger partial charge in [0.25, 0.3) is 11.8 Å². The minimum atomic E-state index is -0.497. The Balaban J connectivity index is 1.51. The second kappa shape index (κ2) is 11.5. The Morgan fingerprint density at radius 2 is 1.24 bits per heavy atom. The van der Waals surface area contributed by atoms with Gasteiger partial charge >= 0.3 is 0 Å². The van der Waals surface area contributed by atoms with Gasteiger partial charge in [-0.15, -0.1) is 0 Å². The number of hydrogen-bond donors (Lipinski definition) is 0. The van der Waals surface area contributed by atoms with Gasteiger partial charge in [-0.1, -0.05) is 101 Å². The molecule has 7 heteroatoms. The standard InChI is InChI=1S/C34H23BrN2O3S/c35-30-18-10-8-12-24(30)22-40-31-20-19-23-11-7-9-17-27(23)28(31)21-29-32(38)36(25-13-3-1-4-14-25)34(41)37(33(29)39)26-15-5-2-6-16-26/h1-21H,22H2. The van der Waals surface area contributed by atoms with Crippen molar-refractivity contribution in [1.82, 2.24) is 0 Å². The maximum atomic E-state index is 14.1. The number of benzene rings is 5. The first kappa shape index (κ1) is 26.6. The van der Waals surface area contributed by atoms with Crippen LogP contribution in [0.2, 0.25) is 0 Å². The largest absolute Gasteiger partial charge is 0.488 e. The van der Waals surface area contributed by atoms with Crippen molar-refractivity contribution in [2.75, 3.05) is 9.80 Å². The normalized spacial score (nSPS) is 13.6. The highest BCUT2D eigenvalue weighted by Crippen LogP contribution is 2.35. The number of carbonyl (C=O) groups is 2. The summed E-state index contributed by atoms with van der Waals surface area (Å²) in [6, 6.07) is 37.7. The summed E-state index contributed by atoms with van der Waals surface area (Å²) >= 11 is 9.33. The van der Waals surface area contributed by atoms with Gasteiger partial charge in [-0.3, -0.25) is 19.4 Å². The molecule has 1 aliphatic heterocycles. The fourth-order valence-corrected chi connectivity index (χ4v) is 5.58. The van der Waals surface area contributed by atoms with Gasteiger partial charge in [-0.05, 0) is 65.5 Å². The van der Waals surface area contributed by atoms with Crippen LogP contribution < -0.4 is 14.5 Å². The molecule has 6 rings (SSSR count). The monoisotopic (exact) mass is 618 g/mol. The fourth-order valence-electron chi connectivity index (χ4n) is 4.80. The van der Waals surface area contributed by atoms with Crippen LogP contribution in [0.25, 0.3) is 16.8 Å². The summed E-state index contributed by atoms with van der Waals surface area (Å²) in [4.78, 5) is 31.0. The highest BCUT2D eigenvalue weighted by molar-refractivity contribution is 9.10. The lowest BCUT2D eigenvalue weighted by atomic mass is 9.99. The quantitative estimate of drug-likeness (QED) is 0.110. The molecule has 0 saturated carbocycles. The number of halogens is 1. The minimum absolute atomic E-state index is 0.0200. The van der Waals surface area contributed by atoms with Gasteiger partial charge in [0.15, 0.2) is 5.11 Å². The molecule has 0 N–H and O–H groups in total. The Kier molecular flexibility index (Phi) is 7.46. The van der Waals surface area contributed by atoms with Crippen molar-refractivity contribution in [3.63, 3.8) is 0 Å². The second-order valence-corrected chi connectivity index (χ2v) is 10.6. The van der Waals surface area contributed by atoms with Crippen molar-refractivity contribution in [3.05, 3.63) is 143 Å². The molecule has 0 unspecified atom stereocenters. The molecule has 200 valence electrons. The molecule has 0 atom stereocenters. The first-order chi connectivity index (χ1) is 20.0. The molecule has 1 fully saturated rings. The zero-order valence-electron chi connectivity index (χ0n) is 21.7. The van der Waals surface area contributed by atoms with Crippen molar-refractivity contribution in [2.24, 2.45) is 0 Å². The maximum absolute atomic E-state index is 14.1. The summed E-state index contributed by atoms with van der Waals surface area (Å²) in [5.41, 5.74) is 2.74. The van der Waals surface area contributed by atoms with E-state index >= 15 is 0 Å². The van der Waals surface area contributed by atoms with E-state index < -0.39 is 11.8 Å². The van der Waals surface area contributed by atoms with Crippen molar-refractivity contribution in [1.29, 1.82) is 0 Å². The second-order valence-electron chi connectivity index (χ2n) is 9.37. The molecule has 1 saturated heterocycles. The van der Waals surface area contributed by atoms with Crippen molar-refractivity contribution >= 4 is 73.3 Å². The van der Waals surface area contributed by atoms with Crippen LogP contribution in [0.5, 0.6) is 5.75 Å². The third-order valence-electron chi connectivity index (χ3n) is 6.84. The number of fused-ring (bicyclic) bond motifs is 1. The number of nitrogens with zero attached hydrogens (tertiary/aromatic N) is 2. The molecule has 0 aliphatic carbocycles. The van der Waals surface area contributed by atoms with E-state index in [1.807, 2.05) is 97.1 Å². The molecule has 0 bridgehead atoms. The summed E-state index contributed by atoms with van der Waals surface area (Å²) in [5.74, 6) is -0.440. The molecule has 5 aromatic rings. The average Bonchev–Trinajstić information content (AvgIpc) is 3.00. The molecular formula is C34H23BrN2O3S. The van der Waals surface area contributed by atoms with E-state index in [1.165, 1.54) is 9.80 Å². The summed E-state index contributed by atoms with van der Waals surface area (Å²) in [6.07, 6.45) is 1.63. The zero-order chi connectivity index (χ0) is 28.3. The van der Waals surface area contributed by atoms with E-state index in [2.05, 4.69) is 15.9 Å². The average molecular weight is 620 g/mol. The van der Waals surface area contributed by atoms with Crippen LogP contribution >= 0.6 is 28.1 Å². The summed E-state index contributed by atoms with van der Waals surface area (Å²) in [6.45, 7) is 0.300. The predicted octanol–water partition coefficient (Wildman–Crippen LogP) is 7.93. The number of rotatable bonds is 6. The molecule has 1 heterocycles. The van der Waals surface area contributed by atoms with Crippen molar-refractivity contribution in [2.45, 2.75) is 6.61 Å². The number of ether oxygens (including phenoxy) is 1. The van der Waals surface area contributed by atoms with Crippen LogP contribution in [0, 0.1) is 0 Å². The molecular weight excluding hydrogens is 596 g/mol. The van der Waals surface area contributed by atoms with E-state index in [4.69, 9.17) is 17.0 Å². The first-order valence-corrected chi connectivity index (χ1v) is 14.2. The Morgan fingerprint density at radius 1 is 0.683 bits per heavy atom. The van der Waals surface area contributed by atoms with E-state index in [9.17, 15) is 9.59 Å². The van der Waals surface area contributed by atoms with Crippen molar-refractivity contribution < 1.29 is 14.3 Å². The van der Waals surface area contributed by atoms with Crippen LogP contribution in [-0.2, 0) is 16.2 Å². The van der Waals surface area contributed by atoms with Crippen molar-refractivity contribution in [3.8, 4) is 5.75 Å². The van der Waals surface area contributed by atoms with E-state index in [0.717, 1.165) is 20.8 Å². The van der Waals surface area contributed by atoms with Crippen LogP contribution in [0.4, 0.5) is 11.4 Å². The van der Waals surface area contributed by atoms with Gasteiger partial charge in [0, 0.05) is 15.6 Å². The summed E-state index contributed by atoms with van der Waals surface area (Å²) in [7, 11) is 0. The Hall–Kier alpha value is -4.59. The molecule has 0 aromatic heterocycles. The minimum Gasteiger partial charge on any atom is -0.488 e. The predicted molar refractivity (Wildman–Crippen MR) is 171 cm³/mol. The summed E-state index contributed by atoms with van der Waals surface area (Å²) < 4.78 is 7.25. The molecule has 0 radical (unpaired) electrons. The molecule has 5 aromatic carbocycles. The first-order valence-electron chi connectivity index (χ1n) is 13.0. The van der Waals surface area contributed by atoms with Gasteiger partial charge in [-0.25, -0.2) is 0 Å². The maximum Gasteiger partial charge on any atom is 0.270 e. The highest BCUT2D eigenvalue weighted by Gasteiger charge is 2.41. The highest BCUT2D eigenvalue weighted by atomic mass is 79.9.